The van der Waals surface area contributed by atoms with E-state index in [-0.39, 0.29) is 19.1 Å². The van der Waals surface area contributed by atoms with Gasteiger partial charge < -0.3 is 20.1 Å². The van der Waals surface area contributed by atoms with Gasteiger partial charge in [-0.3, -0.25) is 9.59 Å². The van der Waals surface area contributed by atoms with Crippen LogP contribution in [0.15, 0.2) is 46.9 Å². The van der Waals surface area contributed by atoms with Crippen molar-refractivity contribution in [2.45, 2.75) is 13.0 Å². The van der Waals surface area contributed by atoms with Crippen molar-refractivity contribution in [2.24, 2.45) is 0 Å². The maximum atomic E-state index is 12.2. The van der Waals surface area contributed by atoms with Crippen molar-refractivity contribution in [3.05, 3.63) is 52.5 Å². The Kier molecular flexibility index (Phi) is 5.23. The lowest BCUT2D eigenvalue weighted by atomic mass is 10.2. The molecule has 0 aliphatic carbocycles. The minimum atomic E-state index is -0.780. The summed E-state index contributed by atoms with van der Waals surface area (Å²) < 4.78 is 12.0. The molecule has 0 saturated carbocycles. The number of anilines is 1. The van der Waals surface area contributed by atoms with E-state index in [2.05, 4.69) is 26.6 Å². The number of halogens is 1. The molecular formula is C18H17BrN2O4. The number of para-hydroxylation sites is 2. The number of rotatable bonds is 4. The monoisotopic (exact) mass is 404 g/mol. The molecule has 25 heavy (non-hydrogen) atoms. The Hall–Kier alpha value is -2.54. The van der Waals surface area contributed by atoms with Gasteiger partial charge in [0.1, 0.15) is 6.61 Å². The molecule has 2 amide bonds. The van der Waals surface area contributed by atoms with Crippen molar-refractivity contribution >= 4 is 33.4 Å². The van der Waals surface area contributed by atoms with Gasteiger partial charge in [-0.1, -0.05) is 28.1 Å². The molecule has 0 bridgehead atoms. The number of carbonyl (C=O) groups excluding carboxylic acids is 2. The van der Waals surface area contributed by atoms with Gasteiger partial charge in [0.15, 0.2) is 11.5 Å². The third kappa shape index (κ3) is 4.30. The molecule has 0 unspecified atom stereocenters. The van der Waals surface area contributed by atoms with E-state index >= 15 is 0 Å². The molecule has 2 N–H and O–H groups in total. The lowest BCUT2D eigenvalue weighted by molar-refractivity contribution is -0.131. The van der Waals surface area contributed by atoms with Crippen LogP contribution < -0.4 is 20.1 Å². The standard InChI is InChI=1S/C18H17BrN2O4/c1-11-8-12(19)6-7-13(11)21-17(22)9-20-18(23)16-10-24-14-4-2-3-5-15(14)25-16/h2-8,16H,9-10H2,1H3,(H,20,23)(H,21,22)/t16-/m1/s1. The van der Waals surface area contributed by atoms with Crippen molar-refractivity contribution < 1.29 is 19.1 Å². The number of nitrogens with one attached hydrogen (secondary N) is 2. The van der Waals surface area contributed by atoms with Gasteiger partial charge in [0.05, 0.1) is 6.54 Å². The number of fused-ring (bicyclic) bond motifs is 1. The maximum absolute atomic E-state index is 12.2. The highest BCUT2D eigenvalue weighted by atomic mass is 79.9. The predicted octanol–water partition coefficient (Wildman–Crippen LogP) is 2.65. The SMILES string of the molecule is Cc1cc(Br)ccc1NC(=O)CNC(=O)[C@H]1COc2ccccc2O1. The Morgan fingerprint density at radius 2 is 1.96 bits per heavy atom. The molecule has 3 rings (SSSR count). The van der Waals surface area contributed by atoms with Crippen molar-refractivity contribution in [3.63, 3.8) is 0 Å². The predicted molar refractivity (Wildman–Crippen MR) is 96.9 cm³/mol. The number of carbonyl (C=O) groups is 2. The summed E-state index contributed by atoms with van der Waals surface area (Å²) in [5.74, 6) is 0.423. The fraction of sp³-hybridized carbons (Fsp3) is 0.222. The fourth-order valence-corrected chi connectivity index (χ4v) is 2.87. The Morgan fingerprint density at radius 3 is 2.72 bits per heavy atom. The maximum Gasteiger partial charge on any atom is 0.265 e. The number of aryl methyl sites for hydroxylation is 1. The molecule has 0 radical (unpaired) electrons. The van der Waals surface area contributed by atoms with Crippen LogP contribution in [0, 0.1) is 6.92 Å². The average Bonchev–Trinajstić information content (AvgIpc) is 2.61. The molecule has 0 fully saturated rings. The molecule has 130 valence electrons. The van der Waals surface area contributed by atoms with Crippen molar-refractivity contribution in [1.29, 1.82) is 0 Å². The summed E-state index contributed by atoms with van der Waals surface area (Å²) in [6, 6.07) is 12.7. The minimum Gasteiger partial charge on any atom is -0.485 e. The van der Waals surface area contributed by atoms with Crippen LogP contribution in [0.2, 0.25) is 0 Å². The zero-order valence-electron chi connectivity index (χ0n) is 13.5. The Morgan fingerprint density at radius 1 is 1.20 bits per heavy atom. The number of ether oxygens (including phenoxy) is 2. The highest BCUT2D eigenvalue weighted by molar-refractivity contribution is 9.10. The number of benzene rings is 2. The van der Waals surface area contributed by atoms with Crippen molar-refractivity contribution in [2.75, 3.05) is 18.5 Å². The zero-order chi connectivity index (χ0) is 17.8. The molecule has 1 atom stereocenters. The van der Waals surface area contributed by atoms with Crippen molar-refractivity contribution in [1.82, 2.24) is 5.32 Å². The van der Waals surface area contributed by atoms with Gasteiger partial charge in [0.25, 0.3) is 5.91 Å². The highest BCUT2D eigenvalue weighted by Gasteiger charge is 2.27. The fourth-order valence-electron chi connectivity index (χ4n) is 2.39. The topological polar surface area (TPSA) is 76.7 Å². The minimum absolute atomic E-state index is 0.107. The molecule has 1 aliphatic heterocycles. The Balaban J connectivity index is 1.51. The van der Waals surface area contributed by atoms with Gasteiger partial charge in [-0.15, -0.1) is 0 Å². The van der Waals surface area contributed by atoms with E-state index in [9.17, 15) is 9.59 Å². The molecule has 2 aromatic carbocycles. The third-order valence-electron chi connectivity index (χ3n) is 3.69. The van der Waals surface area contributed by atoms with Crippen LogP contribution in [-0.4, -0.2) is 31.1 Å². The van der Waals surface area contributed by atoms with Gasteiger partial charge in [0, 0.05) is 10.2 Å². The van der Waals surface area contributed by atoms with Crippen LogP contribution >= 0.6 is 15.9 Å². The Labute approximate surface area is 153 Å². The van der Waals surface area contributed by atoms with Gasteiger partial charge in [-0.05, 0) is 42.8 Å². The lowest BCUT2D eigenvalue weighted by Crippen LogP contribution is -2.46. The summed E-state index contributed by atoms with van der Waals surface area (Å²) in [5, 5.41) is 5.33. The van der Waals surface area contributed by atoms with Gasteiger partial charge >= 0.3 is 0 Å². The molecule has 0 aromatic heterocycles. The molecule has 7 heteroatoms. The molecular weight excluding hydrogens is 388 g/mol. The van der Waals surface area contributed by atoms with E-state index in [1.807, 2.05) is 25.1 Å². The second-order valence-corrected chi connectivity index (χ2v) is 6.51. The summed E-state index contributed by atoms with van der Waals surface area (Å²) >= 11 is 3.37. The normalized spacial score (nSPS) is 15.4. The zero-order valence-corrected chi connectivity index (χ0v) is 15.1. The van der Waals surface area contributed by atoms with Crippen LogP contribution in [0.4, 0.5) is 5.69 Å². The largest absolute Gasteiger partial charge is 0.485 e. The van der Waals surface area contributed by atoms with E-state index in [1.54, 1.807) is 24.3 Å². The molecule has 0 saturated heterocycles. The van der Waals surface area contributed by atoms with E-state index in [1.165, 1.54) is 0 Å². The third-order valence-corrected chi connectivity index (χ3v) is 4.18. The summed E-state index contributed by atoms with van der Waals surface area (Å²) in [5.41, 5.74) is 1.63. The van der Waals surface area contributed by atoms with Gasteiger partial charge in [-0.2, -0.15) is 0 Å². The summed E-state index contributed by atoms with van der Waals surface area (Å²) in [6.07, 6.45) is -0.780. The molecule has 0 spiro atoms. The quantitative estimate of drug-likeness (QED) is 0.820. The molecule has 6 nitrogen and oxygen atoms in total. The molecule has 1 heterocycles. The van der Waals surface area contributed by atoms with Crippen LogP contribution in [-0.2, 0) is 9.59 Å². The molecule has 1 aliphatic rings. The van der Waals surface area contributed by atoms with E-state index < -0.39 is 12.0 Å². The van der Waals surface area contributed by atoms with Gasteiger partial charge in [-0.25, -0.2) is 0 Å². The van der Waals surface area contributed by atoms with E-state index in [4.69, 9.17) is 9.47 Å². The van der Waals surface area contributed by atoms with Crippen LogP contribution in [0.3, 0.4) is 0 Å². The number of hydrogen-bond donors (Lipinski definition) is 2. The Bertz CT molecular complexity index is 809. The molecule has 2 aromatic rings. The number of amides is 2. The average molecular weight is 405 g/mol. The van der Waals surface area contributed by atoms with Crippen LogP contribution in [0.1, 0.15) is 5.56 Å². The summed E-state index contributed by atoms with van der Waals surface area (Å²) in [7, 11) is 0. The van der Waals surface area contributed by atoms with Gasteiger partial charge in [0.2, 0.25) is 12.0 Å². The first-order valence-corrected chi connectivity index (χ1v) is 8.54. The lowest BCUT2D eigenvalue weighted by Gasteiger charge is -2.25. The van der Waals surface area contributed by atoms with Crippen molar-refractivity contribution in [3.8, 4) is 11.5 Å². The van der Waals surface area contributed by atoms with Crippen LogP contribution in [0.25, 0.3) is 0 Å². The summed E-state index contributed by atoms with van der Waals surface area (Å²) in [4.78, 5) is 24.2. The first kappa shape index (κ1) is 17.3. The first-order valence-electron chi connectivity index (χ1n) is 7.75. The van der Waals surface area contributed by atoms with Crippen LogP contribution in [0.5, 0.6) is 11.5 Å². The highest BCUT2D eigenvalue weighted by Crippen LogP contribution is 2.30. The second kappa shape index (κ2) is 7.57. The number of hydrogen-bond acceptors (Lipinski definition) is 4. The van der Waals surface area contributed by atoms with E-state index in [0.29, 0.717) is 17.2 Å². The second-order valence-electron chi connectivity index (χ2n) is 5.59. The smallest absolute Gasteiger partial charge is 0.265 e. The van der Waals surface area contributed by atoms with E-state index in [0.717, 1.165) is 10.0 Å². The first-order chi connectivity index (χ1) is 12.0. The summed E-state index contributed by atoms with van der Waals surface area (Å²) in [6.45, 7) is 1.86.